The molecular formula is C14H15F5NO3S-. The molecule has 0 aromatic heterocycles. The highest BCUT2D eigenvalue weighted by Gasteiger charge is 2.59. The number of nitrogens with one attached hydrogen (secondary N) is 1. The predicted octanol–water partition coefficient (Wildman–Crippen LogP) is 1.57. The van der Waals surface area contributed by atoms with E-state index in [4.69, 9.17) is 0 Å². The van der Waals surface area contributed by atoms with E-state index >= 15 is 0 Å². The molecule has 136 valence electrons. The van der Waals surface area contributed by atoms with Crippen molar-refractivity contribution in [3.63, 3.8) is 0 Å². The molecule has 0 amide bonds. The van der Waals surface area contributed by atoms with Gasteiger partial charge >= 0.3 is 5.92 Å². The van der Waals surface area contributed by atoms with Crippen LogP contribution in [0.5, 0.6) is 0 Å². The van der Waals surface area contributed by atoms with Crippen molar-refractivity contribution in [2.24, 2.45) is 0 Å². The first-order chi connectivity index (χ1) is 10.8. The van der Waals surface area contributed by atoms with Gasteiger partial charge in [0.1, 0.15) is 12.6 Å². The third-order valence-electron chi connectivity index (χ3n) is 3.23. The number of carbonyl (C=O) groups is 1. The van der Waals surface area contributed by atoms with Gasteiger partial charge in [0.15, 0.2) is 17.2 Å². The van der Waals surface area contributed by atoms with E-state index in [2.05, 4.69) is 0 Å². The van der Waals surface area contributed by atoms with Crippen LogP contribution in [0.15, 0.2) is 18.2 Å². The fourth-order valence-corrected chi connectivity index (χ4v) is 2.71. The van der Waals surface area contributed by atoms with Gasteiger partial charge in [0.25, 0.3) is 0 Å². The molecule has 1 N–H and O–H groups in total. The molecule has 4 nitrogen and oxygen atoms in total. The van der Waals surface area contributed by atoms with Crippen LogP contribution in [0.25, 0.3) is 0 Å². The van der Waals surface area contributed by atoms with Crippen LogP contribution in [0.4, 0.5) is 22.0 Å². The third kappa shape index (κ3) is 3.44. The number of hydrogen-bond donors (Lipinski definition) is 1. The minimum Gasteiger partial charge on any atom is -0.544 e. The lowest BCUT2D eigenvalue weighted by molar-refractivity contribution is -0.336. The smallest absolute Gasteiger partial charge is 0.312 e. The summed E-state index contributed by atoms with van der Waals surface area (Å²) in [6.07, 6.45) is 0. The van der Waals surface area contributed by atoms with Crippen LogP contribution in [0.1, 0.15) is 26.3 Å². The molecule has 0 heterocycles. The van der Waals surface area contributed by atoms with E-state index < -0.39 is 57.0 Å². The summed E-state index contributed by atoms with van der Waals surface area (Å²) in [6.45, 7) is 1.81. The van der Waals surface area contributed by atoms with Crippen molar-refractivity contribution in [1.82, 2.24) is 4.72 Å². The van der Waals surface area contributed by atoms with Crippen LogP contribution in [0, 0.1) is 11.6 Å². The van der Waals surface area contributed by atoms with E-state index in [9.17, 15) is 36.1 Å². The van der Waals surface area contributed by atoms with Crippen LogP contribution >= 0.6 is 0 Å². The van der Waals surface area contributed by atoms with Gasteiger partial charge < -0.3 is 9.90 Å². The molecule has 1 aromatic carbocycles. The Hall–Kier alpha value is -1.55. The summed E-state index contributed by atoms with van der Waals surface area (Å²) >= 11 is 0. The van der Waals surface area contributed by atoms with Crippen LogP contribution in [0.2, 0.25) is 0 Å². The Morgan fingerprint density at radius 3 is 2.21 bits per heavy atom. The second-order valence-corrected chi connectivity index (χ2v) is 7.95. The minimum atomic E-state index is -5.03. The number of benzene rings is 1. The SMILES string of the molecule is CC(C)(C)[S@@](=O)N[C@](CF)(c1cccc(F)c1F)C(F)(F)C(=O)[O-]. The quantitative estimate of drug-likeness (QED) is 0.771. The first-order valence-electron chi connectivity index (χ1n) is 6.60. The fraction of sp³-hybridized carbons (Fsp3) is 0.500. The number of alkyl halides is 3. The number of aliphatic carboxylic acids is 1. The molecule has 1 rings (SSSR count). The molecule has 0 saturated heterocycles. The molecule has 1 aromatic rings. The number of rotatable bonds is 6. The van der Waals surface area contributed by atoms with E-state index in [1.807, 2.05) is 0 Å². The molecule has 0 unspecified atom stereocenters. The van der Waals surface area contributed by atoms with Crippen molar-refractivity contribution in [2.45, 2.75) is 37.0 Å². The maximum Gasteiger partial charge on any atom is 0.312 e. The fourth-order valence-electron chi connectivity index (χ4n) is 1.79. The van der Waals surface area contributed by atoms with Crippen molar-refractivity contribution in [1.29, 1.82) is 0 Å². The topological polar surface area (TPSA) is 69.2 Å². The zero-order valence-corrected chi connectivity index (χ0v) is 13.8. The van der Waals surface area contributed by atoms with E-state index in [-0.39, 0.29) is 0 Å². The zero-order valence-electron chi connectivity index (χ0n) is 13.0. The molecule has 24 heavy (non-hydrogen) atoms. The Labute approximate surface area is 137 Å². The van der Waals surface area contributed by atoms with Gasteiger partial charge in [-0.25, -0.2) is 22.1 Å². The summed E-state index contributed by atoms with van der Waals surface area (Å²) in [5.74, 6) is -11.5. The van der Waals surface area contributed by atoms with E-state index in [1.54, 1.807) is 4.72 Å². The lowest BCUT2D eigenvalue weighted by Gasteiger charge is -2.40. The summed E-state index contributed by atoms with van der Waals surface area (Å²) in [4.78, 5) is 10.8. The van der Waals surface area contributed by atoms with Gasteiger partial charge in [0.05, 0.1) is 15.7 Å². The van der Waals surface area contributed by atoms with Crippen LogP contribution in [0.3, 0.4) is 0 Å². The van der Waals surface area contributed by atoms with Crippen molar-refractivity contribution in [3.8, 4) is 0 Å². The van der Waals surface area contributed by atoms with E-state index in [1.165, 1.54) is 20.8 Å². The van der Waals surface area contributed by atoms with Crippen LogP contribution in [-0.2, 0) is 21.3 Å². The normalized spacial score (nSPS) is 16.5. The number of halogens is 5. The maximum atomic E-state index is 14.2. The Morgan fingerprint density at radius 1 is 1.25 bits per heavy atom. The standard InChI is InChI=1S/C14H16F5NO3S/c1-12(2,3)24(23)20-13(7-15,14(18,19)11(21)22)8-5-4-6-9(16)10(8)17/h4-6,20H,7H2,1-3H3,(H,21,22)/p-1/t13-,24-/m1/s1. The molecule has 0 spiro atoms. The van der Waals surface area contributed by atoms with Gasteiger partial charge in [-0.1, -0.05) is 12.1 Å². The summed E-state index contributed by atoms with van der Waals surface area (Å²) in [6, 6.07) is 1.96. The van der Waals surface area contributed by atoms with E-state index in [0.29, 0.717) is 12.1 Å². The lowest BCUT2D eigenvalue weighted by Crippen LogP contribution is -2.66. The average molecular weight is 372 g/mol. The molecular weight excluding hydrogens is 357 g/mol. The molecule has 0 saturated carbocycles. The van der Waals surface area contributed by atoms with Gasteiger partial charge in [-0.3, -0.25) is 0 Å². The largest absolute Gasteiger partial charge is 0.544 e. The van der Waals surface area contributed by atoms with Crippen LogP contribution in [-0.4, -0.2) is 27.5 Å². The van der Waals surface area contributed by atoms with Crippen molar-refractivity contribution >= 4 is 17.0 Å². The molecule has 10 heteroatoms. The maximum absolute atomic E-state index is 14.2. The van der Waals surface area contributed by atoms with Crippen LogP contribution < -0.4 is 9.83 Å². The number of carboxylic acids is 1. The molecule has 0 aliphatic heterocycles. The van der Waals surface area contributed by atoms with Gasteiger partial charge in [-0.05, 0) is 26.8 Å². The summed E-state index contributed by atoms with van der Waals surface area (Å²) in [5.41, 5.74) is -4.92. The number of carboxylic acid groups (broad SMARTS) is 1. The Bertz CT molecular complexity index is 662. The Morgan fingerprint density at radius 2 is 1.79 bits per heavy atom. The zero-order chi connectivity index (χ0) is 18.9. The summed E-state index contributed by atoms with van der Waals surface area (Å²) < 4.78 is 82.1. The lowest BCUT2D eigenvalue weighted by atomic mass is 9.85. The third-order valence-corrected chi connectivity index (χ3v) is 4.87. The van der Waals surface area contributed by atoms with Crippen molar-refractivity contribution in [2.75, 3.05) is 6.67 Å². The second-order valence-electron chi connectivity index (χ2n) is 5.99. The predicted molar refractivity (Wildman–Crippen MR) is 75.0 cm³/mol. The monoisotopic (exact) mass is 372 g/mol. The number of hydrogen-bond acceptors (Lipinski definition) is 3. The Balaban J connectivity index is 3.71. The highest BCUT2D eigenvalue weighted by Crippen LogP contribution is 2.40. The highest BCUT2D eigenvalue weighted by molar-refractivity contribution is 7.84. The number of carbonyl (C=O) groups excluding carboxylic acids is 1. The molecule has 2 atom stereocenters. The Kier molecular flexibility index (Phi) is 5.77. The first kappa shape index (κ1) is 20.5. The van der Waals surface area contributed by atoms with Gasteiger partial charge in [0, 0.05) is 5.56 Å². The van der Waals surface area contributed by atoms with Crippen molar-refractivity contribution < 1.29 is 36.1 Å². The van der Waals surface area contributed by atoms with Gasteiger partial charge in [-0.2, -0.15) is 8.78 Å². The summed E-state index contributed by atoms with van der Waals surface area (Å²) in [5, 5.41) is 10.8. The highest BCUT2D eigenvalue weighted by atomic mass is 32.2. The molecule has 0 aliphatic rings. The minimum absolute atomic E-state index is 0.583. The van der Waals surface area contributed by atoms with Crippen molar-refractivity contribution in [3.05, 3.63) is 35.4 Å². The van der Waals surface area contributed by atoms with Gasteiger partial charge in [-0.15, -0.1) is 0 Å². The van der Waals surface area contributed by atoms with Gasteiger partial charge in [0.2, 0.25) is 0 Å². The first-order valence-corrected chi connectivity index (χ1v) is 7.75. The van der Waals surface area contributed by atoms with E-state index in [0.717, 1.165) is 6.07 Å². The average Bonchev–Trinajstić information content (AvgIpc) is 2.46. The second kappa shape index (κ2) is 6.75. The molecule has 0 fully saturated rings. The molecule has 0 aliphatic carbocycles. The molecule has 0 bridgehead atoms. The molecule has 0 radical (unpaired) electrons. The summed E-state index contributed by atoms with van der Waals surface area (Å²) in [7, 11) is -2.44.